The van der Waals surface area contributed by atoms with Gasteiger partial charge >= 0.3 is 0 Å². The fourth-order valence-corrected chi connectivity index (χ4v) is 0.975. The van der Waals surface area contributed by atoms with E-state index in [0.29, 0.717) is 3.53 Å². The van der Waals surface area contributed by atoms with Gasteiger partial charge < -0.3 is 0 Å². The Morgan fingerprint density at radius 3 is 2.38 bits per heavy atom. The molecule has 0 saturated heterocycles. The van der Waals surface area contributed by atoms with Crippen LogP contribution in [0.25, 0.3) is 0 Å². The molecule has 4 heteroatoms. The van der Waals surface area contributed by atoms with Gasteiger partial charge in [0.05, 0.1) is 6.21 Å². The maximum Gasteiger partial charge on any atom is 0.171 e. The second-order valence-electron chi connectivity index (χ2n) is 2.50. The molecule has 0 heterocycles. The summed E-state index contributed by atoms with van der Waals surface area (Å²) in [5.41, 5.74) is 2.28. The number of hydrogen-bond acceptors (Lipinski definition) is 2. The van der Waals surface area contributed by atoms with E-state index in [1.165, 1.54) is 5.56 Å². The molecule has 13 heavy (non-hydrogen) atoms. The topological polar surface area (TPSA) is 24.7 Å². The number of halogens is 2. The Morgan fingerprint density at radius 1 is 1.23 bits per heavy atom. The second-order valence-corrected chi connectivity index (χ2v) is 5.06. The molecule has 0 aliphatic carbocycles. The van der Waals surface area contributed by atoms with E-state index in [0.717, 1.165) is 5.56 Å². The Balaban J connectivity index is 2.70. The number of benzene rings is 1. The molecule has 0 amide bonds. The van der Waals surface area contributed by atoms with E-state index in [4.69, 9.17) is 0 Å². The highest BCUT2D eigenvalue weighted by Gasteiger charge is 1.86. The van der Waals surface area contributed by atoms with Crippen molar-refractivity contribution in [1.82, 2.24) is 0 Å². The van der Waals surface area contributed by atoms with Gasteiger partial charge in [-0.15, -0.1) is 5.10 Å². The Morgan fingerprint density at radius 2 is 1.85 bits per heavy atom. The van der Waals surface area contributed by atoms with Crippen LogP contribution in [0.1, 0.15) is 11.1 Å². The van der Waals surface area contributed by atoms with Gasteiger partial charge in [0, 0.05) is 0 Å². The van der Waals surface area contributed by atoms with E-state index < -0.39 is 0 Å². The minimum atomic E-state index is 0.586. The minimum absolute atomic E-state index is 0.586. The molecule has 68 valence electrons. The molecule has 0 aromatic heterocycles. The summed E-state index contributed by atoms with van der Waals surface area (Å²) in [4.78, 5) is 0. The molecule has 0 aliphatic heterocycles. The van der Waals surface area contributed by atoms with E-state index in [-0.39, 0.29) is 0 Å². The predicted molar refractivity (Wildman–Crippen MR) is 64.1 cm³/mol. The Kier molecular flexibility index (Phi) is 4.32. The van der Waals surface area contributed by atoms with Crippen LogP contribution < -0.4 is 0 Å². The fraction of sp³-hybridized carbons (Fsp3) is 0.111. The summed E-state index contributed by atoms with van der Waals surface area (Å²) in [7, 11) is 0. The summed E-state index contributed by atoms with van der Waals surface area (Å²) < 4.78 is 0.586. The van der Waals surface area contributed by atoms with Crippen molar-refractivity contribution >= 4 is 41.6 Å². The third-order valence-corrected chi connectivity index (χ3v) is 1.73. The lowest BCUT2D eigenvalue weighted by Crippen LogP contribution is -1.80. The average molecular weight is 304 g/mol. The van der Waals surface area contributed by atoms with Crippen molar-refractivity contribution < 1.29 is 0 Å². The molecule has 0 unspecified atom stereocenters. The molecule has 0 spiro atoms. The highest BCUT2D eigenvalue weighted by Crippen LogP contribution is 2.01. The van der Waals surface area contributed by atoms with Gasteiger partial charge in [0.2, 0.25) is 0 Å². The summed E-state index contributed by atoms with van der Waals surface area (Å²) in [6, 6.07) is 8.06. The first-order valence-electron chi connectivity index (χ1n) is 3.67. The van der Waals surface area contributed by atoms with Gasteiger partial charge in [0.25, 0.3) is 0 Å². The molecule has 0 fully saturated rings. The number of rotatable bonds is 2. The molecule has 1 aromatic carbocycles. The molecular formula is C9H8Br2N2. The van der Waals surface area contributed by atoms with Crippen LogP contribution in [-0.4, -0.2) is 9.74 Å². The van der Waals surface area contributed by atoms with Crippen LogP contribution in [0.3, 0.4) is 0 Å². The highest BCUT2D eigenvalue weighted by molar-refractivity contribution is 9.39. The fourth-order valence-electron chi connectivity index (χ4n) is 0.792. The minimum Gasteiger partial charge on any atom is -0.157 e. The predicted octanol–water partition coefficient (Wildman–Crippen LogP) is 3.47. The number of hydrogen-bond donors (Lipinski definition) is 0. The summed E-state index contributed by atoms with van der Waals surface area (Å²) >= 11 is 6.22. The zero-order valence-electron chi connectivity index (χ0n) is 7.04. The van der Waals surface area contributed by atoms with Crippen LogP contribution in [-0.2, 0) is 0 Å². The maximum absolute atomic E-state index is 3.84. The first-order chi connectivity index (χ1) is 6.18. The van der Waals surface area contributed by atoms with Crippen molar-refractivity contribution in [2.24, 2.45) is 10.2 Å². The largest absolute Gasteiger partial charge is 0.171 e. The van der Waals surface area contributed by atoms with Crippen molar-refractivity contribution in [2.75, 3.05) is 0 Å². The van der Waals surface area contributed by atoms with Gasteiger partial charge in [-0.05, 0) is 44.3 Å². The van der Waals surface area contributed by atoms with Crippen LogP contribution in [0.5, 0.6) is 0 Å². The third kappa shape index (κ3) is 4.33. The van der Waals surface area contributed by atoms with Gasteiger partial charge in [0.15, 0.2) is 3.53 Å². The summed E-state index contributed by atoms with van der Waals surface area (Å²) in [6.45, 7) is 2.05. The van der Waals surface area contributed by atoms with Crippen LogP contribution in [0.2, 0.25) is 0 Å². The third-order valence-electron chi connectivity index (χ3n) is 1.42. The van der Waals surface area contributed by atoms with Crippen molar-refractivity contribution in [2.45, 2.75) is 6.92 Å². The van der Waals surface area contributed by atoms with Crippen LogP contribution >= 0.6 is 31.9 Å². The van der Waals surface area contributed by atoms with Crippen LogP contribution in [0.15, 0.2) is 34.5 Å². The Hall–Kier alpha value is -0.480. The monoisotopic (exact) mass is 302 g/mol. The number of nitrogens with zero attached hydrogens (tertiary/aromatic N) is 2. The van der Waals surface area contributed by atoms with Crippen molar-refractivity contribution in [3.05, 3.63) is 35.4 Å². The van der Waals surface area contributed by atoms with Crippen molar-refractivity contribution in [1.29, 1.82) is 0 Å². The van der Waals surface area contributed by atoms with E-state index in [1.54, 1.807) is 6.21 Å². The van der Waals surface area contributed by atoms with Crippen LogP contribution in [0.4, 0.5) is 0 Å². The van der Waals surface area contributed by atoms with Gasteiger partial charge in [-0.25, -0.2) is 0 Å². The zero-order chi connectivity index (χ0) is 9.68. The highest BCUT2D eigenvalue weighted by atomic mass is 79.9. The number of aryl methyl sites for hydroxylation is 1. The molecule has 0 atom stereocenters. The van der Waals surface area contributed by atoms with Gasteiger partial charge in [-0.2, -0.15) is 5.10 Å². The molecular weight excluding hydrogens is 296 g/mol. The molecule has 1 rings (SSSR count). The summed E-state index contributed by atoms with van der Waals surface area (Å²) in [5.74, 6) is 0. The molecule has 2 nitrogen and oxygen atoms in total. The first-order valence-corrected chi connectivity index (χ1v) is 5.26. The summed E-state index contributed by atoms with van der Waals surface area (Å²) in [6.07, 6.45) is 1.70. The van der Waals surface area contributed by atoms with Crippen LogP contribution in [0, 0.1) is 6.92 Å². The van der Waals surface area contributed by atoms with E-state index in [9.17, 15) is 0 Å². The smallest absolute Gasteiger partial charge is 0.157 e. The maximum atomic E-state index is 3.84. The van der Waals surface area contributed by atoms with Gasteiger partial charge in [-0.1, -0.05) is 29.8 Å². The standard InChI is InChI=1S/C9H8Br2N2/c1-7-2-4-8(5-3-7)6-12-13-9(10)11/h2-6H,1H3. The van der Waals surface area contributed by atoms with E-state index in [1.807, 2.05) is 31.2 Å². The lowest BCUT2D eigenvalue weighted by atomic mass is 10.2. The zero-order valence-corrected chi connectivity index (χ0v) is 10.2. The second kappa shape index (κ2) is 5.29. The SMILES string of the molecule is Cc1ccc(C=NN=C(Br)Br)cc1. The Labute approximate surface area is 94.0 Å². The average Bonchev–Trinajstić information content (AvgIpc) is 2.08. The van der Waals surface area contributed by atoms with Gasteiger partial charge in [-0.3, -0.25) is 0 Å². The van der Waals surface area contributed by atoms with Crippen molar-refractivity contribution in [3.8, 4) is 0 Å². The normalized spacial score (nSPS) is 10.4. The quantitative estimate of drug-likeness (QED) is 0.590. The molecule has 0 bridgehead atoms. The van der Waals surface area contributed by atoms with E-state index >= 15 is 0 Å². The lowest BCUT2D eigenvalue weighted by Gasteiger charge is -1.91. The Bertz CT molecular complexity index is 324. The molecule has 0 saturated carbocycles. The van der Waals surface area contributed by atoms with Crippen molar-refractivity contribution in [3.63, 3.8) is 0 Å². The summed E-state index contributed by atoms with van der Waals surface area (Å²) in [5, 5.41) is 7.60. The lowest BCUT2D eigenvalue weighted by molar-refractivity contribution is 1.27. The van der Waals surface area contributed by atoms with Gasteiger partial charge in [0.1, 0.15) is 0 Å². The molecule has 0 aliphatic rings. The first kappa shape index (κ1) is 10.6. The molecule has 0 N–H and O–H groups in total. The van der Waals surface area contributed by atoms with E-state index in [2.05, 4.69) is 42.1 Å². The molecule has 1 aromatic rings. The molecule has 0 radical (unpaired) electrons.